The van der Waals surface area contributed by atoms with Crippen LogP contribution in [-0.4, -0.2) is 13.1 Å². The highest BCUT2D eigenvalue weighted by Gasteiger charge is 2.14. The van der Waals surface area contributed by atoms with Crippen molar-refractivity contribution >= 4 is 15.9 Å². The Morgan fingerprint density at radius 2 is 2.06 bits per heavy atom. The minimum atomic E-state index is -0.170. The van der Waals surface area contributed by atoms with Crippen LogP contribution in [0, 0.1) is 11.7 Å². The van der Waals surface area contributed by atoms with Crippen LogP contribution in [-0.2, 0) is 6.42 Å². The third kappa shape index (κ3) is 3.87. The van der Waals surface area contributed by atoms with Crippen molar-refractivity contribution in [2.45, 2.75) is 32.7 Å². The molecule has 0 aliphatic heterocycles. The van der Waals surface area contributed by atoms with E-state index in [0.29, 0.717) is 12.0 Å². The van der Waals surface area contributed by atoms with Gasteiger partial charge in [-0.15, -0.1) is 0 Å². The molecule has 0 bridgehead atoms. The van der Waals surface area contributed by atoms with E-state index in [9.17, 15) is 4.39 Å². The molecule has 90 valence electrons. The van der Waals surface area contributed by atoms with Crippen molar-refractivity contribution < 1.29 is 4.39 Å². The van der Waals surface area contributed by atoms with Crippen LogP contribution in [0.5, 0.6) is 0 Å². The molecule has 0 saturated heterocycles. The summed E-state index contributed by atoms with van der Waals surface area (Å²) in [6.45, 7) is 4.34. The molecule has 0 radical (unpaired) electrons. The highest BCUT2D eigenvalue weighted by molar-refractivity contribution is 9.10. The zero-order valence-electron chi connectivity index (χ0n) is 10.1. The van der Waals surface area contributed by atoms with Crippen molar-refractivity contribution in [2.75, 3.05) is 7.05 Å². The van der Waals surface area contributed by atoms with Gasteiger partial charge < -0.3 is 5.32 Å². The molecule has 16 heavy (non-hydrogen) atoms. The van der Waals surface area contributed by atoms with E-state index in [2.05, 4.69) is 35.1 Å². The second kappa shape index (κ2) is 6.36. The van der Waals surface area contributed by atoms with Crippen LogP contribution < -0.4 is 5.32 Å². The Kier molecular flexibility index (Phi) is 5.42. The molecule has 1 N–H and O–H groups in total. The van der Waals surface area contributed by atoms with Crippen LogP contribution in [0.1, 0.15) is 25.8 Å². The molecular formula is C13H19BrFN. The molecule has 0 fully saturated rings. The maximum Gasteiger partial charge on any atom is 0.124 e. The molecule has 2 unspecified atom stereocenters. The van der Waals surface area contributed by atoms with Gasteiger partial charge in [0.05, 0.1) is 0 Å². The molecule has 1 aromatic carbocycles. The summed E-state index contributed by atoms with van der Waals surface area (Å²) in [5.41, 5.74) is 1.06. The molecule has 0 spiro atoms. The van der Waals surface area contributed by atoms with Crippen LogP contribution in [0.25, 0.3) is 0 Å². The van der Waals surface area contributed by atoms with Gasteiger partial charge in [0.25, 0.3) is 0 Å². The van der Waals surface area contributed by atoms with E-state index in [0.717, 1.165) is 22.9 Å². The predicted molar refractivity (Wildman–Crippen MR) is 70.1 cm³/mol. The number of hydrogen-bond acceptors (Lipinski definition) is 1. The summed E-state index contributed by atoms with van der Waals surface area (Å²) < 4.78 is 14.0. The average Bonchev–Trinajstić information content (AvgIpc) is 2.23. The average molecular weight is 288 g/mol. The van der Waals surface area contributed by atoms with Gasteiger partial charge in [-0.25, -0.2) is 4.39 Å². The predicted octanol–water partition coefficient (Wildman–Crippen LogP) is 3.76. The summed E-state index contributed by atoms with van der Waals surface area (Å²) in [5.74, 6) is 0.370. The molecule has 0 heterocycles. The second-order valence-electron chi connectivity index (χ2n) is 4.23. The molecule has 1 rings (SSSR count). The molecular weight excluding hydrogens is 269 g/mol. The van der Waals surface area contributed by atoms with Crippen LogP contribution in [0.3, 0.4) is 0 Å². The summed E-state index contributed by atoms with van der Waals surface area (Å²) >= 11 is 3.32. The monoisotopic (exact) mass is 287 g/mol. The highest BCUT2D eigenvalue weighted by Crippen LogP contribution is 2.20. The molecule has 1 aromatic rings. The van der Waals surface area contributed by atoms with Gasteiger partial charge in [0.1, 0.15) is 5.82 Å². The number of rotatable bonds is 5. The van der Waals surface area contributed by atoms with Gasteiger partial charge in [-0.05, 0) is 50.1 Å². The summed E-state index contributed by atoms with van der Waals surface area (Å²) in [5, 5.41) is 3.26. The van der Waals surface area contributed by atoms with Crippen LogP contribution in [0.2, 0.25) is 0 Å². The smallest absolute Gasteiger partial charge is 0.124 e. The van der Waals surface area contributed by atoms with Gasteiger partial charge in [0.2, 0.25) is 0 Å². The molecule has 0 amide bonds. The minimum Gasteiger partial charge on any atom is -0.317 e. The first-order valence-electron chi connectivity index (χ1n) is 5.69. The van der Waals surface area contributed by atoms with Crippen molar-refractivity contribution in [3.63, 3.8) is 0 Å². The molecule has 0 aromatic heterocycles. The normalized spacial score (nSPS) is 14.8. The van der Waals surface area contributed by atoms with E-state index in [1.807, 2.05) is 13.1 Å². The van der Waals surface area contributed by atoms with Crippen LogP contribution in [0.15, 0.2) is 22.7 Å². The van der Waals surface area contributed by atoms with E-state index in [-0.39, 0.29) is 5.82 Å². The van der Waals surface area contributed by atoms with Crippen molar-refractivity contribution in [1.82, 2.24) is 5.32 Å². The quantitative estimate of drug-likeness (QED) is 0.869. The molecule has 2 atom stereocenters. The number of benzene rings is 1. The molecule has 0 aliphatic carbocycles. The lowest BCUT2D eigenvalue weighted by Crippen LogP contribution is -2.31. The third-order valence-corrected chi connectivity index (χ3v) is 3.56. The number of hydrogen-bond donors (Lipinski definition) is 1. The van der Waals surface area contributed by atoms with E-state index in [4.69, 9.17) is 0 Å². The van der Waals surface area contributed by atoms with Gasteiger partial charge >= 0.3 is 0 Å². The molecule has 3 heteroatoms. The second-order valence-corrected chi connectivity index (χ2v) is 5.14. The van der Waals surface area contributed by atoms with Gasteiger partial charge in [-0.2, -0.15) is 0 Å². The summed E-state index contributed by atoms with van der Waals surface area (Å²) in [6.07, 6.45) is 2.00. The number of nitrogens with one attached hydrogen (secondary N) is 1. The van der Waals surface area contributed by atoms with E-state index < -0.39 is 0 Å². The SMILES string of the molecule is CCC(Cc1cc(F)cc(Br)c1)C(C)NC. The van der Waals surface area contributed by atoms with Crippen molar-refractivity contribution in [3.8, 4) is 0 Å². The summed E-state index contributed by atoms with van der Waals surface area (Å²) in [4.78, 5) is 0. The van der Waals surface area contributed by atoms with Gasteiger partial charge in [-0.3, -0.25) is 0 Å². The van der Waals surface area contributed by atoms with Crippen LogP contribution in [0.4, 0.5) is 4.39 Å². The van der Waals surface area contributed by atoms with E-state index in [1.54, 1.807) is 6.07 Å². The van der Waals surface area contributed by atoms with Crippen molar-refractivity contribution in [1.29, 1.82) is 0 Å². The van der Waals surface area contributed by atoms with Crippen molar-refractivity contribution in [2.24, 2.45) is 5.92 Å². The fraction of sp³-hybridized carbons (Fsp3) is 0.538. The molecule has 1 nitrogen and oxygen atoms in total. The lowest BCUT2D eigenvalue weighted by Gasteiger charge is -2.22. The van der Waals surface area contributed by atoms with E-state index in [1.165, 1.54) is 6.07 Å². The fourth-order valence-corrected chi connectivity index (χ4v) is 2.45. The summed E-state index contributed by atoms with van der Waals surface area (Å²) in [6, 6.07) is 5.56. The molecule has 0 aliphatic rings. The molecule has 0 saturated carbocycles. The minimum absolute atomic E-state index is 0.170. The standard InChI is InChI=1S/C13H19BrFN/c1-4-11(9(2)16-3)5-10-6-12(14)8-13(15)7-10/h6-9,11,16H,4-5H2,1-3H3. The zero-order valence-corrected chi connectivity index (χ0v) is 11.6. The highest BCUT2D eigenvalue weighted by atomic mass is 79.9. The lowest BCUT2D eigenvalue weighted by molar-refractivity contribution is 0.381. The Labute approximate surface area is 106 Å². The maximum absolute atomic E-state index is 13.2. The van der Waals surface area contributed by atoms with Gasteiger partial charge in [0, 0.05) is 10.5 Å². The van der Waals surface area contributed by atoms with Crippen LogP contribution >= 0.6 is 15.9 Å². The topological polar surface area (TPSA) is 12.0 Å². The Hall–Kier alpha value is -0.410. The Morgan fingerprint density at radius 3 is 2.56 bits per heavy atom. The first-order valence-corrected chi connectivity index (χ1v) is 6.48. The van der Waals surface area contributed by atoms with Crippen molar-refractivity contribution in [3.05, 3.63) is 34.1 Å². The largest absolute Gasteiger partial charge is 0.317 e. The first kappa shape index (κ1) is 13.7. The number of halogens is 2. The lowest BCUT2D eigenvalue weighted by atomic mass is 9.91. The fourth-order valence-electron chi connectivity index (χ4n) is 1.94. The van der Waals surface area contributed by atoms with E-state index >= 15 is 0 Å². The Morgan fingerprint density at radius 1 is 1.38 bits per heavy atom. The first-order chi connectivity index (χ1) is 7.56. The summed E-state index contributed by atoms with van der Waals surface area (Å²) in [7, 11) is 1.97. The maximum atomic E-state index is 13.2. The Balaban J connectivity index is 2.77. The zero-order chi connectivity index (χ0) is 12.1. The van der Waals surface area contributed by atoms with Gasteiger partial charge in [-0.1, -0.05) is 29.3 Å². The third-order valence-electron chi connectivity index (χ3n) is 3.11. The Bertz CT molecular complexity index is 320. The van der Waals surface area contributed by atoms with Gasteiger partial charge in [0.15, 0.2) is 0 Å².